The van der Waals surface area contributed by atoms with Gasteiger partial charge in [0.25, 0.3) is 11.8 Å². The molecule has 0 unspecified atom stereocenters. The van der Waals surface area contributed by atoms with E-state index in [2.05, 4.69) is 10.9 Å². The summed E-state index contributed by atoms with van der Waals surface area (Å²) in [6.45, 7) is 1.91. The number of benzene rings is 2. The van der Waals surface area contributed by atoms with E-state index < -0.39 is 29.6 Å². The molecule has 3 rings (SSSR count). The Kier molecular flexibility index (Phi) is 4.58. The normalized spacial score (nSPS) is 17.0. The highest BCUT2D eigenvalue weighted by Crippen LogP contribution is 2.23. The van der Waals surface area contributed by atoms with Gasteiger partial charge in [-0.25, -0.2) is 14.7 Å². The fraction of sp³-hybridized carbons (Fsp3) is 0.167. The Hall–Kier alpha value is -3.06. The van der Waals surface area contributed by atoms with Crippen LogP contribution < -0.4 is 15.8 Å². The number of halogens is 1. The second-order valence-corrected chi connectivity index (χ2v) is 5.77. The maximum absolute atomic E-state index is 13.3. The van der Waals surface area contributed by atoms with E-state index in [1.807, 2.05) is 6.92 Å². The van der Waals surface area contributed by atoms with E-state index in [0.717, 1.165) is 16.5 Å². The Morgan fingerprint density at radius 2 is 1.88 bits per heavy atom. The van der Waals surface area contributed by atoms with Crippen LogP contribution in [0.15, 0.2) is 48.5 Å². The predicted octanol–water partition coefficient (Wildman–Crippen LogP) is 1.70. The molecule has 1 heterocycles. The van der Waals surface area contributed by atoms with Gasteiger partial charge in [-0.05, 0) is 37.3 Å². The van der Waals surface area contributed by atoms with E-state index in [1.54, 1.807) is 24.3 Å². The van der Waals surface area contributed by atoms with E-state index in [9.17, 15) is 18.8 Å². The molecule has 2 aromatic rings. The summed E-state index contributed by atoms with van der Waals surface area (Å²) in [4.78, 5) is 37.5. The van der Waals surface area contributed by atoms with Crippen LogP contribution in [0.1, 0.15) is 22.3 Å². The standard InChI is InChI=1S/C18H16FN3O3/c1-11-5-7-12(8-6-11)17(24)21-20-15-10-16(23)22(18(15)25)14-4-2-3-13(19)9-14/h2-9,15,20H,10H2,1H3,(H,21,24)/t15-/m1/s1. The molecule has 128 valence electrons. The van der Waals surface area contributed by atoms with Gasteiger partial charge in [0.05, 0.1) is 12.1 Å². The average molecular weight is 341 g/mol. The summed E-state index contributed by atoms with van der Waals surface area (Å²) in [5.41, 5.74) is 6.63. The Morgan fingerprint density at radius 1 is 1.16 bits per heavy atom. The van der Waals surface area contributed by atoms with E-state index in [0.29, 0.717) is 5.56 Å². The van der Waals surface area contributed by atoms with Gasteiger partial charge in [0.15, 0.2) is 0 Å². The van der Waals surface area contributed by atoms with Crippen molar-refractivity contribution in [1.29, 1.82) is 0 Å². The number of nitrogens with one attached hydrogen (secondary N) is 2. The molecule has 0 aliphatic carbocycles. The van der Waals surface area contributed by atoms with E-state index in [4.69, 9.17) is 0 Å². The van der Waals surface area contributed by atoms with Gasteiger partial charge in [-0.3, -0.25) is 19.8 Å². The molecule has 0 saturated carbocycles. The minimum atomic E-state index is -0.898. The first-order chi connectivity index (χ1) is 12.0. The lowest BCUT2D eigenvalue weighted by atomic mass is 10.1. The van der Waals surface area contributed by atoms with Crippen LogP contribution in [0.4, 0.5) is 10.1 Å². The molecule has 0 aromatic heterocycles. The Labute approximate surface area is 143 Å². The van der Waals surface area contributed by atoms with Crippen molar-refractivity contribution in [2.75, 3.05) is 4.90 Å². The van der Waals surface area contributed by atoms with Crippen molar-refractivity contribution in [2.24, 2.45) is 0 Å². The molecule has 1 atom stereocenters. The fourth-order valence-corrected chi connectivity index (χ4v) is 2.56. The molecule has 2 N–H and O–H groups in total. The number of hydrogen-bond acceptors (Lipinski definition) is 4. The Balaban J connectivity index is 1.66. The number of aryl methyl sites for hydroxylation is 1. The zero-order valence-corrected chi connectivity index (χ0v) is 13.5. The number of anilines is 1. The summed E-state index contributed by atoms with van der Waals surface area (Å²) < 4.78 is 13.3. The summed E-state index contributed by atoms with van der Waals surface area (Å²) in [5.74, 6) is -1.95. The van der Waals surface area contributed by atoms with Gasteiger partial charge in [0.1, 0.15) is 11.9 Å². The highest BCUT2D eigenvalue weighted by Gasteiger charge is 2.39. The SMILES string of the molecule is Cc1ccc(C(=O)NN[C@@H]2CC(=O)N(c3cccc(F)c3)C2=O)cc1. The molecule has 2 aromatic carbocycles. The van der Waals surface area contributed by atoms with Crippen LogP contribution in [0.3, 0.4) is 0 Å². The third kappa shape index (κ3) is 3.56. The minimum absolute atomic E-state index is 0.122. The zero-order chi connectivity index (χ0) is 18.0. The molecular formula is C18H16FN3O3. The molecule has 1 fully saturated rings. The van der Waals surface area contributed by atoms with Crippen LogP contribution in [0.5, 0.6) is 0 Å². The van der Waals surface area contributed by atoms with Crippen LogP contribution >= 0.6 is 0 Å². The number of nitrogens with zero attached hydrogens (tertiary/aromatic N) is 1. The molecule has 1 aliphatic heterocycles. The van der Waals surface area contributed by atoms with Gasteiger partial charge in [0, 0.05) is 5.56 Å². The first kappa shape index (κ1) is 16.8. The number of rotatable bonds is 4. The van der Waals surface area contributed by atoms with Crippen molar-refractivity contribution in [3.63, 3.8) is 0 Å². The molecule has 25 heavy (non-hydrogen) atoms. The van der Waals surface area contributed by atoms with Gasteiger partial charge >= 0.3 is 0 Å². The first-order valence-corrected chi connectivity index (χ1v) is 7.70. The summed E-state index contributed by atoms with van der Waals surface area (Å²) in [7, 11) is 0. The lowest BCUT2D eigenvalue weighted by Crippen LogP contribution is -2.48. The zero-order valence-electron chi connectivity index (χ0n) is 13.5. The summed E-state index contributed by atoms with van der Waals surface area (Å²) in [6.07, 6.45) is -0.122. The quantitative estimate of drug-likeness (QED) is 0.655. The van der Waals surface area contributed by atoms with Gasteiger partial charge in [-0.2, -0.15) is 0 Å². The molecule has 3 amide bonds. The highest BCUT2D eigenvalue weighted by molar-refractivity contribution is 6.22. The van der Waals surface area contributed by atoms with Gasteiger partial charge in [-0.1, -0.05) is 23.8 Å². The van der Waals surface area contributed by atoms with Gasteiger partial charge in [-0.15, -0.1) is 0 Å². The summed E-state index contributed by atoms with van der Waals surface area (Å²) in [5, 5.41) is 0. The first-order valence-electron chi connectivity index (χ1n) is 7.70. The Bertz CT molecular complexity index is 836. The summed E-state index contributed by atoms with van der Waals surface area (Å²) >= 11 is 0. The molecule has 0 bridgehead atoms. The van der Waals surface area contributed by atoms with Crippen LogP contribution in [-0.2, 0) is 9.59 Å². The summed E-state index contributed by atoms with van der Waals surface area (Å²) in [6, 6.07) is 11.3. The van der Waals surface area contributed by atoms with Crippen LogP contribution in [0, 0.1) is 12.7 Å². The van der Waals surface area contributed by atoms with Crippen LogP contribution in [0.2, 0.25) is 0 Å². The third-order valence-corrected chi connectivity index (χ3v) is 3.89. The highest BCUT2D eigenvalue weighted by atomic mass is 19.1. The van der Waals surface area contributed by atoms with E-state index in [1.165, 1.54) is 18.2 Å². The van der Waals surface area contributed by atoms with Crippen LogP contribution in [-0.4, -0.2) is 23.8 Å². The monoisotopic (exact) mass is 341 g/mol. The molecular weight excluding hydrogens is 325 g/mol. The number of hydrazine groups is 1. The smallest absolute Gasteiger partial charge is 0.265 e. The minimum Gasteiger partial charge on any atom is -0.287 e. The van der Waals surface area contributed by atoms with Crippen molar-refractivity contribution >= 4 is 23.4 Å². The number of carbonyl (C=O) groups excluding carboxylic acids is 3. The van der Waals surface area contributed by atoms with Crippen molar-refractivity contribution < 1.29 is 18.8 Å². The number of amides is 3. The Morgan fingerprint density at radius 3 is 2.56 bits per heavy atom. The molecule has 0 spiro atoms. The van der Waals surface area contributed by atoms with E-state index >= 15 is 0 Å². The fourth-order valence-electron chi connectivity index (χ4n) is 2.56. The van der Waals surface area contributed by atoms with Crippen molar-refractivity contribution in [2.45, 2.75) is 19.4 Å². The van der Waals surface area contributed by atoms with Crippen molar-refractivity contribution in [3.05, 3.63) is 65.5 Å². The molecule has 0 radical (unpaired) electrons. The number of hydrogen-bond donors (Lipinski definition) is 2. The lowest BCUT2D eigenvalue weighted by Gasteiger charge is -2.16. The van der Waals surface area contributed by atoms with Crippen LogP contribution in [0.25, 0.3) is 0 Å². The maximum Gasteiger partial charge on any atom is 0.265 e. The molecule has 1 aliphatic rings. The third-order valence-electron chi connectivity index (χ3n) is 3.89. The molecule has 7 heteroatoms. The average Bonchev–Trinajstić information content (AvgIpc) is 2.87. The second-order valence-electron chi connectivity index (χ2n) is 5.77. The largest absolute Gasteiger partial charge is 0.287 e. The molecule has 6 nitrogen and oxygen atoms in total. The van der Waals surface area contributed by atoms with Crippen molar-refractivity contribution in [3.8, 4) is 0 Å². The van der Waals surface area contributed by atoms with Gasteiger partial charge in [0.2, 0.25) is 5.91 Å². The van der Waals surface area contributed by atoms with E-state index in [-0.39, 0.29) is 12.1 Å². The molecule has 1 saturated heterocycles. The maximum atomic E-state index is 13.3. The lowest BCUT2D eigenvalue weighted by molar-refractivity contribution is -0.121. The van der Waals surface area contributed by atoms with Crippen molar-refractivity contribution in [1.82, 2.24) is 10.9 Å². The van der Waals surface area contributed by atoms with Gasteiger partial charge < -0.3 is 0 Å². The topological polar surface area (TPSA) is 78.5 Å². The second kappa shape index (κ2) is 6.82. The predicted molar refractivity (Wildman–Crippen MR) is 89.1 cm³/mol. The number of carbonyl (C=O) groups is 3. The number of imide groups is 1.